The molecule has 116 valence electrons. The summed E-state index contributed by atoms with van der Waals surface area (Å²) >= 11 is 0. The molecular weight excluding hydrogens is 311 g/mol. The van der Waals surface area contributed by atoms with Gasteiger partial charge in [0.25, 0.3) is 0 Å². The van der Waals surface area contributed by atoms with Crippen molar-refractivity contribution in [2.24, 2.45) is 0 Å². The minimum atomic E-state index is -2.99. The molecule has 23 heavy (non-hydrogen) atoms. The van der Waals surface area contributed by atoms with Crippen LogP contribution in [0, 0.1) is 0 Å². The molecule has 1 atom stereocenters. The van der Waals surface area contributed by atoms with E-state index in [1.165, 1.54) is 6.07 Å². The van der Waals surface area contributed by atoms with Gasteiger partial charge in [0.1, 0.15) is 11.5 Å². The highest BCUT2D eigenvalue weighted by atomic mass is 31.1. The van der Waals surface area contributed by atoms with Gasteiger partial charge in [-0.25, -0.2) is 0 Å². The quantitative estimate of drug-likeness (QED) is 0.644. The lowest BCUT2D eigenvalue weighted by molar-refractivity contribution is 0.476. The second-order valence-electron chi connectivity index (χ2n) is 5.07. The monoisotopic (exact) mass is 326 g/mol. The maximum absolute atomic E-state index is 11.8. The molecule has 3 aromatic rings. The molecule has 0 spiro atoms. The molecule has 0 aliphatic heterocycles. The summed E-state index contributed by atoms with van der Waals surface area (Å²) in [6, 6.07) is 18.4. The van der Waals surface area contributed by atoms with Crippen molar-refractivity contribution < 1.29 is 19.7 Å². The van der Waals surface area contributed by atoms with Crippen molar-refractivity contribution >= 4 is 13.3 Å². The molecule has 0 aliphatic carbocycles. The number of hydrogen-bond acceptors (Lipinski definition) is 3. The Morgan fingerprint density at radius 2 is 1.17 bits per heavy atom. The summed E-state index contributed by atoms with van der Waals surface area (Å²) < 4.78 is 11.8. The molecule has 3 aromatic carbocycles. The summed E-state index contributed by atoms with van der Waals surface area (Å²) in [5.41, 5.74) is 2.04. The van der Waals surface area contributed by atoms with Crippen LogP contribution in [0.3, 0.4) is 0 Å². The lowest BCUT2D eigenvalue weighted by Gasteiger charge is -2.16. The number of para-hydroxylation sites is 2. The average Bonchev–Trinajstić information content (AvgIpc) is 2.55. The Hall–Kier alpha value is -2.55. The molecule has 3 rings (SSSR count). The Labute approximate surface area is 134 Å². The lowest BCUT2D eigenvalue weighted by Crippen LogP contribution is -2.04. The number of phenols is 2. The first-order chi connectivity index (χ1) is 11.1. The third-order valence-corrected chi connectivity index (χ3v) is 4.54. The van der Waals surface area contributed by atoms with Gasteiger partial charge in [-0.05, 0) is 23.8 Å². The summed E-state index contributed by atoms with van der Waals surface area (Å²) in [5, 5.41) is 20.6. The zero-order chi connectivity index (χ0) is 16.4. The van der Waals surface area contributed by atoms with Gasteiger partial charge >= 0.3 is 0 Å². The van der Waals surface area contributed by atoms with Gasteiger partial charge in [-0.15, -0.1) is 0 Å². The Kier molecular flexibility index (Phi) is 4.20. The molecule has 0 saturated heterocycles. The van der Waals surface area contributed by atoms with E-state index in [1.807, 2.05) is 0 Å². The van der Waals surface area contributed by atoms with E-state index in [0.717, 1.165) is 0 Å². The molecule has 0 saturated carbocycles. The van der Waals surface area contributed by atoms with Crippen molar-refractivity contribution in [3.63, 3.8) is 0 Å². The number of benzene rings is 3. The van der Waals surface area contributed by atoms with E-state index >= 15 is 0 Å². The van der Waals surface area contributed by atoms with Crippen LogP contribution in [0.4, 0.5) is 0 Å². The second-order valence-corrected chi connectivity index (χ2v) is 6.22. The molecule has 0 fully saturated rings. The molecule has 1 unspecified atom stereocenters. The number of aromatic hydroxyl groups is 2. The number of hydrogen-bond donors (Lipinski definition) is 3. The fourth-order valence-electron chi connectivity index (χ4n) is 2.63. The molecule has 5 heteroatoms. The van der Waals surface area contributed by atoms with Crippen LogP contribution in [0.5, 0.6) is 11.5 Å². The van der Waals surface area contributed by atoms with Gasteiger partial charge in [-0.3, -0.25) is 4.57 Å². The van der Waals surface area contributed by atoms with Gasteiger partial charge in [0.15, 0.2) is 0 Å². The first kappa shape index (κ1) is 15.3. The highest BCUT2D eigenvalue weighted by molar-refractivity contribution is 7.47. The summed E-state index contributed by atoms with van der Waals surface area (Å²) in [6.07, 6.45) is 0. The molecule has 0 aliphatic rings. The van der Waals surface area contributed by atoms with Crippen LogP contribution in [0.15, 0.2) is 66.7 Å². The normalized spacial score (nSPS) is 12.0. The zero-order valence-electron chi connectivity index (χ0n) is 12.1. The molecule has 0 bridgehead atoms. The predicted molar refractivity (Wildman–Crippen MR) is 91.5 cm³/mol. The second kappa shape index (κ2) is 6.29. The smallest absolute Gasteiger partial charge is 0.218 e. The molecule has 0 heterocycles. The molecule has 0 aromatic heterocycles. The van der Waals surface area contributed by atoms with E-state index in [1.54, 1.807) is 60.7 Å². The molecule has 0 amide bonds. The Balaban J connectivity index is 2.39. The topological polar surface area (TPSA) is 77.8 Å². The summed E-state index contributed by atoms with van der Waals surface area (Å²) in [7, 11) is -2.99. The lowest BCUT2D eigenvalue weighted by atomic mass is 9.93. The molecule has 3 N–H and O–H groups in total. The van der Waals surface area contributed by atoms with Crippen molar-refractivity contribution in [1.82, 2.24) is 0 Å². The van der Waals surface area contributed by atoms with Gasteiger partial charge in [0, 0.05) is 22.0 Å². The van der Waals surface area contributed by atoms with Gasteiger partial charge < -0.3 is 15.1 Å². The summed E-state index contributed by atoms with van der Waals surface area (Å²) in [6.45, 7) is 0. The van der Waals surface area contributed by atoms with Crippen LogP contribution >= 0.6 is 8.03 Å². The highest BCUT2D eigenvalue weighted by Gasteiger charge is 2.19. The van der Waals surface area contributed by atoms with Crippen LogP contribution in [0.2, 0.25) is 0 Å². The van der Waals surface area contributed by atoms with Crippen molar-refractivity contribution in [2.45, 2.75) is 0 Å². The fourth-order valence-corrected chi connectivity index (χ4v) is 3.35. The summed E-state index contributed by atoms with van der Waals surface area (Å²) in [5.74, 6) is 0.0822. The minimum Gasteiger partial charge on any atom is -0.507 e. The van der Waals surface area contributed by atoms with Crippen molar-refractivity contribution in [3.8, 4) is 33.8 Å². The van der Waals surface area contributed by atoms with Crippen LogP contribution in [0.25, 0.3) is 22.3 Å². The number of rotatable bonds is 3. The van der Waals surface area contributed by atoms with E-state index in [-0.39, 0.29) is 16.8 Å². The Morgan fingerprint density at radius 1 is 0.652 bits per heavy atom. The molecular formula is C18H15O4P. The van der Waals surface area contributed by atoms with Crippen LogP contribution in [0.1, 0.15) is 0 Å². The maximum Gasteiger partial charge on any atom is 0.218 e. The van der Waals surface area contributed by atoms with Crippen LogP contribution in [-0.2, 0) is 4.57 Å². The third-order valence-electron chi connectivity index (χ3n) is 3.66. The first-order valence-electron chi connectivity index (χ1n) is 7.02. The zero-order valence-corrected chi connectivity index (χ0v) is 13.1. The van der Waals surface area contributed by atoms with Crippen molar-refractivity contribution in [2.75, 3.05) is 0 Å². The Morgan fingerprint density at radius 3 is 1.74 bits per heavy atom. The predicted octanol–water partition coefficient (Wildman–Crippen LogP) is 3.52. The Bertz CT molecular complexity index is 890. The van der Waals surface area contributed by atoms with Crippen molar-refractivity contribution in [1.29, 1.82) is 0 Å². The van der Waals surface area contributed by atoms with Crippen LogP contribution < -0.4 is 5.30 Å². The van der Waals surface area contributed by atoms with Gasteiger partial charge in [0.2, 0.25) is 8.03 Å². The maximum atomic E-state index is 11.8. The van der Waals surface area contributed by atoms with Crippen LogP contribution in [-0.4, -0.2) is 15.1 Å². The largest absolute Gasteiger partial charge is 0.507 e. The third kappa shape index (κ3) is 2.87. The van der Waals surface area contributed by atoms with E-state index in [9.17, 15) is 19.7 Å². The SMILES string of the molecule is O=[PH](O)c1cccc(-c2ccccc2O)c1-c1ccccc1O. The first-order valence-corrected chi connectivity index (χ1v) is 8.38. The fraction of sp³-hybridized carbons (Fsp3) is 0. The van der Waals surface area contributed by atoms with E-state index in [4.69, 9.17) is 0 Å². The standard InChI is InChI=1S/C18H15O4P/c19-15-9-3-1-6-12(15)13-8-5-11-17(23(21)22)18(13)14-7-2-4-10-16(14)20/h1-11,19-20,23H,(H,21,22). The van der Waals surface area contributed by atoms with Gasteiger partial charge in [0.05, 0.1) is 0 Å². The average molecular weight is 326 g/mol. The molecule has 4 nitrogen and oxygen atoms in total. The highest BCUT2D eigenvalue weighted by Crippen LogP contribution is 2.41. The van der Waals surface area contributed by atoms with E-state index < -0.39 is 8.03 Å². The summed E-state index contributed by atoms with van der Waals surface area (Å²) in [4.78, 5) is 9.70. The van der Waals surface area contributed by atoms with Crippen molar-refractivity contribution in [3.05, 3.63) is 66.7 Å². The minimum absolute atomic E-state index is 0.0138. The van der Waals surface area contributed by atoms with E-state index in [0.29, 0.717) is 22.3 Å². The number of phenolic OH excluding ortho intramolecular Hbond substituents is 2. The van der Waals surface area contributed by atoms with E-state index in [2.05, 4.69) is 0 Å². The van der Waals surface area contributed by atoms with Gasteiger partial charge in [-0.2, -0.15) is 0 Å². The van der Waals surface area contributed by atoms with Gasteiger partial charge in [-0.1, -0.05) is 48.5 Å². The molecule has 0 radical (unpaired) electrons.